The predicted octanol–water partition coefficient (Wildman–Crippen LogP) is 0.489. The lowest BCUT2D eigenvalue weighted by molar-refractivity contribution is -0.143. The molecule has 100 valence electrons. The van der Waals surface area contributed by atoms with E-state index in [-0.39, 0.29) is 6.04 Å². The molecule has 0 fully saturated rings. The predicted molar refractivity (Wildman–Crippen MR) is 66.0 cm³/mol. The van der Waals surface area contributed by atoms with Gasteiger partial charge < -0.3 is 20.6 Å². The van der Waals surface area contributed by atoms with Crippen molar-refractivity contribution in [2.24, 2.45) is 0 Å². The minimum absolute atomic E-state index is 0.0418. The van der Waals surface area contributed by atoms with Gasteiger partial charge in [0.05, 0.1) is 0 Å². The highest BCUT2D eigenvalue weighted by Gasteiger charge is 2.32. The van der Waals surface area contributed by atoms with Crippen LogP contribution in [0.15, 0.2) is 0 Å². The largest absolute Gasteiger partial charge is 0.480 e. The van der Waals surface area contributed by atoms with Crippen LogP contribution in [0, 0.1) is 0 Å². The molecule has 17 heavy (non-hydrogen) atoms. The van der Waals surface area contributed by atoms with Gasteiger partial charge in [-0.3, -0.25) is 0 Å². The molecule has 0 aliphatic heterocycles. The van der Waals surface area contributed by atoms with Crippen molar-refractivity contribution in [3.05, 3.63) is 0 Å². The van der Waals surface area contributed by atoms with Crippen molar-refractivity contribution in [2.75, 3.05) is 20.6 Å². The van der Waals surface area contributed by atoms with E-state index in [9.17, 15) is 9.59 Å². The summed E-state index contributed by atoms with van der Waals surface area (Å²) in [5.41, 5.74) is -1.22. The molecular formula is C11H23N3O3. The smallest absolute Gasteiger partial charge is 0.329 e. The summed E-state index contributed by atoms with van der Waals surface area (Å²) in [4.78, 5) is 24.6. The number of rotatable bonds is 6. The van der Waals surface area contributed by atoms with Gasteiger partial charge in [-0.15, -0.1) is 0 Å². The molecule has 6 nitrogen and oxygen atoms in total. The summed E-state index contributed by atoms with van der Waals surface area (Å²) in [6, 6.07) is -0.494. The van der Waals surface area contributed by atoms with Gasteiger partial charge in [0.1, 0.15) is 5.54 Å². The lowest BCUT2D eigenvalue weighted by Gasteiger charge is -2.26. The van der Waals surface area contributed by atoms with Gasteiger partial charge in [-0.2, -0.15) is 0 Å². The van der Waals surface area contributed by atoms with Gasteiger partial charge in [0.15, 0.2) is 0 Å². The number of nitrogens with zero attached hydrogens (tertiary/aromatic N) is 1. The monoisotopic (exact) mass is 245 g/mol. The van der Waals surface area contributed by atoms with E-state index in [1.165, 1.54) is 6.92 Å². The molecule has 0 saturated carbocycles. The van der Waals surface area contributed by atoms with Crippen molar-refractivity contribution in [1.82, 2.24) is 15.5 Å². The van der Waals surface area contributed by atoms with E-state index in [1.54, 1.807) is 6.92 Å². The van der Waals surface area contributed by atoms with E-state index in [4.69, 9.17) is 5.11 Å². The fraction of sp³-hybridized carbons (Fsp3) is 0.818. The molecule has 0 saturated heterocycles. The first-order valence-electron chi connectivity index (χ1n) is 5.68. The maximum atomic E-state index is 11.6. The van der Waals surface area contributed by atoms with Crippen molar-refractivity contribution < 1.29 is 14.7 Å². The van der Waals surface area contributed by atoms with Gasteiger partial charge in [0.2, 0.25) is 0 Å². The molecular weight excluding hydrogens is 222 g/mol. The number of carbonyl (C=O) groups excluding carboxylic acids is 1. The van der Waals surface area contributed by atoms with E-state index in [1.807, 2.05) is 25.9 Å². The number of likely N-dealkylation sites (N-methyl/N-ethyl adjacent to an activating group) is 1. The molecule has 0 aromatic carbocycles. The summed E-state index contributed by atoms with van der Waals surface area (Å²) in [6.45, 7) is 5.77. The third-order valence-corrected chi connectivity index (χ3v) is 2.59. The van der Waals surface area contributed by atoms with E-state index < -0.39 is 17.5 Å². The van der Waals surface area contributed by atoms with Crippen LogP contribution in [0.4, 0.5) is 4.79 Å². The molecule has 2 atom stereocenters. The molecule has 6 heteroatoms. The van der Waals surface area contributed by atoms with E-state index in [0.717, 1.165) is 0 Å². The molecule has 0 aliphatic rings. The Morgan fingerprint density at radius 2 is 1.94 bits per heavy atom. The first-order chi connectivity index (χ1) is 7.71. The van der Waals surface area contributed by atoms with E-state index >= 15 is 0 Å². The van der Waals surface area contributed by atoms with Crippen LogP contribution < -0.4 is 10.6 Å². The number of hydrogen-bond donors (Lipinski definition) is 3. The van der Waals surface area contributed by atoms with E-state index in [0.29, 0.717) is 13.0 Å². The van der Waals surface area contributed by atoms with Crippen LogP contribution in [0.5, 0.6) is 0 Å². The maximum absolute atomic E-state index is 11.6. The normalized spacial score (nSPS) is 16.1. The van der Waals surface area contributed by atoms with Crippen molar-refractivity contribution in [3.8, 4) is 0 Å². The lowest BCUT2D eigenvalue weighted by Crippen LogP contribution is -2.56. The Morgan fingerprint density at radius 1 is 1.41 bits per heavy atom. The summed E-state index contributed by atoms with van der Waals surface area (Å²) < 4.78 is 0. The minimum atomic E-state index is -1.22. The third kappa shape index (κ3) is 5.53. The van der Waals surface area contributed by atoms with Gasteiger partial charge >= 0.3 is 12.0 Å². The van der Waals surface area contributed by atoms with Crippen LogP contribution in [-0.2, 0) is 4.79 Å². The van der Waals surface area contributed by atoms with Crippen molar-refractivity contribution in [3.63, 3.8) is 0 Å². The zero-order valence-electron chi connectivity index (χ0n) is 11.2. The van der Waals surface area contributed by atoms with Crippen molar-refractivity contribution in [2.45, 2.75) is 38.8 Å². The molecule has 0 rings (SSSR count). The Balaban J connectivity index is 4.30. The van der Waals surface area contributed by atoms with E-state index in [2.05, 4.69) is 10.6 Å². The lowest BCUT2D eigenvalue weighted by atomic mass is 10.00. The number of carbonyl (C=O) groups is 2. The first kappa shape index (κ1) is 15.7. The van der Waals surface area contributed by atoms with Gasteiger partial charge in [-0.1, -0.05) is 6.92 Å². The van der Waals surface area contributed by atoms with Gasteiger partial charge in [0, 0.05) is 12.6 Å². The first-order valence-corrected chi connectivity index (χ1v) is 5.68. The highest BCUT2D eigenvalue weighted by molar-refractivity contribution is 5.85. The molecule has 0 bridgehead atoms. The molecule has 0 aromatic rings. The summed E-state index contributed by atoms with van der Waals surface area (Å²) in [5, 5.41) is 14.2. The molecule has 0 spiro atoms. The van der Waals surface area contributed by atoms with Gasteiger partial charge in [-0.05, 0) is 34.4 Å². The fourth-order valence-corrected chi connectivity index (χ4v) is 1.40. The highest BCUT2D eigenvalue weighted by atomic mass is 16.4. The van der Waals surface area contributed by atoms with Crippen LogP contribution in [0.1, 0.15) is 27.2 Å². The van der Waals surface area contributed by atoms with Crippen LogP contribution in [-0.4, -0.2) is 54.2 Å². The average molecular weight is 245 g/mol. The minimum Gasteiger partial charge on any atom is -0.480 e. The second kappa shape index (κ2) is 6.44. The van der Waals surface area contributed by atoms with Crippen LogP contribution in [0.25, 0.3) is 0 Å². The molecule has 3 N–H and O–H groups in total. The van der Waals surface area contributed by atoms with Crippen LogP contribution in [0.2, 0.25) is 0 Å². The molecule has 0 aromatic heterocycles. The molecule has 2 unspecified atom stereocenters. The SMILES string of the molecule is CCC(C)(NC(=O)NC(C)CN(C)C)C(=O)O. The molecule has 0 radical (unpaired) electrons. The summed E-state index contributed by atoms with van der Waals surface area (Å²) in [7, 11) is 3.81. The topological polar surface area (TPSA) is 81.7 Å². The Morgan fingerprint density at radius 3 is 2.29 bits per heavy atom. The second-order valence-corrected chi connectivity index (χ2v) is 4.75. The van der Waals surface area contributed by atoms with Gasteiger partial charge in [-0.25, -0.2) is 9.59 Å². The summed E-state index contributed by atoms with van der Waals surface area (Å²) in [5.74, 6) is -1.03. The zero-order chi connectivity index (χ0) is 13.6. The van der Waals surface area contributed by atoms with Crippen molar-refractivity contribution >= 4 is 12.0 Å². The fourth-order valence-electron chi connectivity index (χ4n) is 1.40. The standard InChI is InChI=1S/C11H23N3O3/c1-6-11(3,9(15)16)13-10(17)12-8(2)7-14(4)5/h8H,6-7H2,1-5H3,(H,15,16)(H2,12,13,17). The third-order valence-electron chi connectivity index (χ3n) is 2.59. The number of carboxylic acids is 1. The zero-order valence-corrected chi connectivity index (χ0v) is 11.2. The average Bonchev–Trinajstić information content (AvgIpc) is 2.15. The Labute approximate surface area is 102 Å². The number of hydrogen-bond acceptors (Lipinski definition) is 3. The van der Waals surface area contributed by atoms with Crippen LogP contribution >= 0.6 is 0 Å². The van der Waals surface area contributed by atoms with Crippen LogP contribution in [0.3, 0.4) is 0 Å². The second-order valence-electron chi connectivity index (χ2n) is 4.75. The molecule has 0 heterocycles. The summed E-state index contributed by atoms with van der Waals surface area (Å²) in [6.07, 6.45) is 0.331. The Hall–Kier alpha value is -1.30. The number of amides is 2. The number of urea groups is 1. The maximum Gasteiger partial charge on any atom is 0.329 e. The number of nitrogens with one attached hydrogen (secondary N) is 2. The molecule has 2 amide bonds. The Bertz CT molecular complexity index is 281. The Kier molecular flexibility index (Phi) is 5.95. The van der Waals surface area contributed by atoms with Crippen molar-refractivity contribution in [1.29, 1.82) is 0 Å². The molecule has 0 aliphatic carbocycles. The quantitative estimate of drug-likeness (QED) is 0.636. The highest BCUT2D eigenvalue weighted by Crippen LogP contribution is 2.08. The number of carboxylic acid groups (broad SMARTS) is 1. The van der Waals surface area contributed by atoms with Gasteiger partial charge in [0.25, 0.3) is 0 Å². The summed E-state index contributed by atoms with van der Waals surface area (Å²) >= 11 is 0. The number of aliphatic carboxylic acids is 1.